The van der Waals surface area contributed by atoms with Crippen molar-refractivity contribution in [1.29, 1.82) is 0 Å². The summed E-state index contributed by atoms with van der Waals surface area (Å²) in [5.74, 6) is -0.383. The molecule has 6 heteroatoms. The number of benzene rings is 1. The third-order valence-electron chi connectivity index (χ3n) is 4.21. The van der Waals surface area contributed by atoms with Crippen molar-refractivity contribution in [3.8, 4) is 17.2 Å². The molecule has 0 radical (unpaired) electrons. The van der Waals surface area contributed by atoms with Crippen LogP contribution in [0.5, 0.6) is 17.2 Å². The lowest BCUT2D eigenvalue weighted by Crippen LogP contribution is -2.51. The lowest BCUT2D eigenvalue weighted by Gasteiger charge is -2.36. The van der Waals surface area contributed by atoms with Gasteiger partial charge in [0.1, 0.15) is 22.8 Å². The van der Waals surface area contributed by atoms with E-state index in [1.165, 1.54) is 32.4 Å². The van der Waals surface area contributed by atoms with E-state index in [0.717, 1.165) is 0 Å². The van der Waals surface area contributed by atoms with Crippen molar-refractivity contribution in [3.05, 3.63) is 29.5 Å². The molecule has 2 atom stereocenters. The Morgan fingerprint density at radius 1 is 1.27 bits per heavy atom. The Morgan fingerprint density at radius 2 is 2.00 bits per heavy atom. The van der Waals surface area contributed by atoms with Gasteiger partial charge in [-0.05, 0) is 0 Å². The number of phenolic OH excluding ortho intramolecular Hbond substituents is 1. The molecule has 0 aromatic heterocycles. The summed E-state index contributed by atoms with van der Waals surface area (Å²) in [5.41, 5.74) is -1.32. The number of Topliss-reactive ketones (excluding diaryl/α,β-unsaturated/α-hetero) is 1. The molecule has 116 valence electrons. The topological polar surface area (TPSA) is 82.1 Å². The Bertz CT molecular complexity index is 705. The highest BCUT2D eigenvalue weighted by molar-refractivity contribution is 6.13. The maximum absolute atomic E-state index is 12.9. The number of ether oxygens (including phenoxy) is 3. The van der Waals surface area contributed by atoms with Crippen LogP contribution in [0.15, 0.2) is 24.0 Å². The van der Waals surface area contributed by atoms with Crippen molar-refractivity contribution in [1.82, 2.24) is 0 Å². The molecular weight excluding hydrogens is 288 g/mol. The monoisotopic (exact) mass is 304 g/mol. The molecule has 2 unspecified atom stereocenters. The van der Waals surface area contributed by atoms with Crippen LogP contribution in [0.3, 0.4) is 0 Å². The summed E-state index contributed by atoms with van der Waals surface area (Å²) in [7, 11) is 2.84. The summed E-state index contributed by atoms with van der Waals surface area (Å²) in [4.78, 5) is 24.7. The maximum atomic E-state index is 12.9. The zero-order valence-corrected chi connectivity index (χ0v) is 12.5. The van der Waals surface area contributed by atoms with Gasteiger partial charge in [0, 0.05) is 30.5 Å². The van der Waals surface area contributed by atoms with Crippen LogP contribution in [-0.2, 0) is 9.53 Å². The maximum Gasteiger partial charge on any atom is 0.231 e. The van der Waals surface area contributed by atoms with Gasteiger partial charge in [-0.2, -0.15) is 0 Å². The molecule has 0 amide bonds. The largest absolute Gasteiger partial charge is 0.507 e. The first-order chi connectivity index (χ1) is 10.4. The van der Waals surface area contributed by atoms with Crippen molar-refractivity contribution in [2.45, 2.75) is 18.9 Å². The summed E-state index contributed by atoms with van der Waals surface area (Å²) in [5, 5.41) is 10.1. The predicted octanol–water partition coefficient (Wildman–Crippen LogP) is 1.85. The van der Waals surface area contributed by atoms with Gasteiger partial charge in [-0.3, -0.25) is 9.59 Å². The van der Waals surface area contributed by atoms with Crippen LogP contribution in [0, 0.1) is 5.92 Å². The fourth-order valence-electron chi connectivity index (χ4n) is 3.11. The van der Waals surface area contributed by atoms with E-state index < -0.39 is 17.3 Å². The van der Waals surface area contributed by atoms with Crippen molar-refractivity contribution < 1.29 is 28.9 Å². The molecule has 1 aromatic carbocycles. The number of hydrogen-bond acceptors (Lipinski definition) is 6. The number of allylic oxidation sites excluding steroid dienone is 1. The molecule has 1 aliphatic heterocycles. The molecule has 0 fully saturated rings. The van der Waals surface area contributed by atoms with Gasteiger partial charge in [-0.25, -0.2) is 0 Å². The number of carbonyl (C=O) groups is 2. The highest BCUT2D eigenvalue weighted by Gasteiger charge is 2.59. The molecule has 0 saturated heterocycles. The first-order valence-electron chi connectivity index (χ1n) is 6.87. The van der Waals surface area contributed by atoms with Crippen molar-refractivity contribution in [2.75, 3.05) is 14.2 Å². The molecule has 6 nitrogen and oxygen atoms in total. The lowest BCUT2D eigenvalue weighted by molar-refractivity contribution is -0.118. The van der Waals surface area contributed by atoms with Gasteiger partial charge in [0.2, 0.25) is 11.4 Å². The summed E-state index contributed by atoms with van der Waals surface area (Å²) in [6.45, 7) is 1.75. The number of carbonyl (C=O) groups excluding carboxylic acids is 2. The Balaban J connectivity index is 2.19. The zero-order valence-electron chi connectivity index (χ0n) is 12.5. The zero-order chi connectivity index (χ0) is 16.1. The summed E-state index contributed by atoms with van der Waals surface area (Å²) in [6.07, 6.45) is 1.46. The average Bonchev–Trinajstić information content (AvgIpc) is 2.77. The molecule has 1 aliphatic carbocycles. The number of fused-ring (bicyclic) bond motifs is 1. The van der Waals surface area contributed by atoms with Crippen LogP contribution >= 0.6 is 0 Å². The number of hydrogen-bond donors (Lipinski definition) is 1. The van der Waals surface area contributed by atoms with Gasteiger partial charge in [-0.15, -0.1) is 0 Å². The van der Waals surface area contributed by atoms with Gasteiger partial charge in [0.05, 0.1) is 14.2 Å². The fraction of sp³-hybridized carbons (Fsp3) is 0.375. The van der Waals surface area contributed by atoms with Crippen molar-refractivity contribution in [3.63, 3.8) is 0 Å². The summed E-state index contributed by atoms with van der Waals surface area (Å²) >= 11 is 0. The van der Waals surface area contributed by atoms with Crippen LogP contribution < -0.4 is 9.47 Å². The lowest BCUT2D eigenvalue weighted by atomic mass is 9.75. The molecule has 22 heavy (non-hydrogen) atoms. The first kappa shape index (κ1) is 14.4. The second-order valence-corrected chi connectivity index (χ2v) is 5.47. The predicted molar refractivity (Wildman–Crippen MR) is 76.2 cm³/mol. The highest BCUT2D eigenvalue weighted by Crippen LogP contribution is 2.50. The van der Waals surface area contributed by atoms with Gasteiger partial charge in [0.25, 0.3) is 0 Å². The number of aromatic hydroxyl groups is 1. The van der Waals surface area contributed by atoms with Gasteiger partial charge in [0.15, 0.2) is 11.5 Å². The SMILES string of the molecule is COC1=CC(=O)CC(C)C12Oc1cc(OC)cc(O)c1C2=O. The molecule has 1 heterocycles. The molecule has 1 spiro atoms. The van der Waals surface area contributed by atoms with Crippen molar-refractivity contribution in [2.24, 2.45) is 5.92 Å². The Morgan fingerprint density at radius 3 is 2.64 bits per heavy atom. The first-order valence-corrected chi connectivity index (χ1v) is 6.87. The van der Waals surface area contributed by atoms with Gasteiger partial charge >= 0.3 is 0 Å². The van der Waals surface area contributed by atoms with E-state index in [2.05, 4.69) is 0 Å². The van der Waals surface area contributed by atoms with E-state index >= 15 is 0 Å². The minimum atomic E-state index is -1.41. The fourth-order valence-corrected chi connectivity index (χ4v) is 3.11. The second-order valence-electron chi connectivity index (χ2n) is 5.47. The van der Waals surface area contributed by atoms with Gasteiger partial charge < -0.3 is 19.3 Å². The molecular formula is C16H16O6. The number of ketones is 2. The third-order valence-corrected chi connectivity index (χ3v) is 4.21. The highest BCUT2D eigenvalue weighted by atomic mass is 16.6. The third kappa shape index (κ3) is 1.73. The van der Waals surface area contributed by atoms with E-state index in [1.54, 1.807) is 6.92 Å². The Hall–Kier alpha value is -2.50. The second kappa shape index (κ2) is 4.76. The number of methoxy groups -OCH3 is 2. The van der Waals surface area contributed by atoms with Gasteiger partial charge in [-0.1, -0.05) is 6.92 Å². The van der Waals surface area contributed by atoms with Crippen LogP contribution in [0.2, 0.25) is 0 Å². The normalized spacial score (nSPS) is 26.5. The average molecular weight is 304 g/mol. The molecule has 1 N–H and O–H groups in total. The van der Waals surface area contributed by atoms with Crippen LogP contribution in [0.25, 0.3) is 0 Å². The standard InChI is InChI=1S/C16H16O6/c1-8-4-9(17)5-13(21-3)16(8)15(19)14-11(18)6-10(20-2)7-12(14)22-16/h5-8,18H,4H2,1-3H3. The minimum absolute atomic E-state index is 0.0879. The number of rotatable bonds is 2. The Labute approximate surface area is 127 Å². The Kier molecular flexibility index (Phi) is 3.12. The molecule has 2 aliphatic rings. The quantitative estimate of drug-likeness (QED) is 0.898. The summed E-state index contributed by atoms with van der Waals surface area (Å²) in [6, 6.07) is 2.89. The molecule has 3 rings (SSSR count). The molecule has 0 saturated carbocycles. The van der Waals surface area contributed by atoms with E-state index in [4.69, 9.17) is 14.2 Å². The van der Waals surface area contributed by atoms with E-state index in [0.29, 0.717) is 5.75 Å². The van der Waals surface area contributed by atoms with E-state index in [1.807, 2.05) is 0 Å². The van der Waals surface area contributed by atoms with Crippen LogP contribution in [-0.4, -0.2) is 36.5 Å². The van der Waals surface area contributed by atoms with Crippen LogP contribution in [0.1, 0.15) is 23.7 Å². The van der Waals surface area contributed by atoms with Crippen LogP contribution in [0.4, 0.5) is 0 Å². The molecule has 0 bridgehead atoms. The number of phenols is 1. The minimum Gasteiger partial charge on any atom is -0.507 e. The van der Waals surface area contributed by atoms with Crippen molar-refractivity contribution >= 4 is 11.6 Å². The smallest absolute Gasteiger partial charge is 0.231 e. The summed E-state index contributed by atoms with van der Waals surface area (Å²) < 4.78 is 16.2. The van der Waals surface area contributed by atoms with E-state index in [-0.39, 0.29) is 35.0 Å². The molecule has 1 aromatic rings. The van der Waals surface area contributed by atoms with E-state index in [9.17, 15) is 14.7 Å².